The van der Waals surface area contributed by atoms with Gasteiger partial charge in [-0.2, -0.15) is 0 Å². The summed E-state index contributed by atoms with van der Waals surface area (Å²) in [5, 5.41) is 7.12. The minimum Gasteiger partial charge on any atom is -0.427 e. The van der Waals surface area contributed by atoms with Crippen LogP contribution in [-0.4, -0.2) is 5.97 Å². The van der Waals surface area contributed by atoms with E-state index < -0.39 is 0 Å². The van der Waals surface area contributed by atoms with E-state index in [4.69, 9.17) is 4.74 Å². The Kier molecular flexibility index (Phi) is 3.93. The number of hydrogen-bond donors (Lipinski definition) is 0. The van der Waals surface area contributed by atoms with Crippen molar-refractivity contribution in [3.05, 3.63) is 66.7 Å². The first-order valence-corrected chi connectivity index (χ1v) is 7.26. The molecule has 0 N–H and O–H groups in total. The van der Waals surface area contributed by atoms with Crippen molar-refractivity contribution in [2.45, 2.75) is 6.92 Å². The zero-order chi connectivity index (χ0) is 15.1. The third kappa shape index (κ3) is 2.51. The molecular weight excluding hydrogens is 308 g/mol. The summed E-state index contributed by atoms with van der Waals surface area (Å²) in [6, 6.07) is 22.6. The zero-order valence-corrected chi connectivity index (χ0v) is 13.4. The van der Waals surface area contributed by atoms with Crippen LogP contribution in [0.4, 0.5) is 0 Å². The summed E-state index contributed by atoms with van der Waals surface area (Å²) in [4.78, 5) is 11.2. The standard InChI is InChI=1S/C20H14O2.ClH/c1-13(21)22-14-10-11-19-17-8-3-2-6-15(17)16-7-4-5-9-18(16)20(19)12-14;/h2-12H,1H3;1H. The Morgan fingerprint density at radius 2 is 1.13 bits per heavy atom. The Morgan fingerprint density at radius 3 is 1.61 bits per heavy atom. The number of esters is 1. The van der Waals surface area contributed by atoms with Crippen molar-refractivity contribution in [3.8, 4) is 5.75 Å². The van der Waals surface area contributed by atoms with Gasteiger partial charge in [-0.3, -0.25) is 4.79 Å². The van der Waals surface area contributed by atoms with E-state index in [0.29, 0.717) is 5.75 Å². The number of benzene rings is 4. The first-order chi connectivity index (χ1) is 10.7. The second kappa shape index (κ2) is 5.90. The molecule has 0 radical (unpaired) electrons. The predicted octanol–water partition coefficient (Wildman–Crippen LogP) is 5.49. The summed E-state index contributed by atoms with van der Waals surface area (Å²) in [6.07, 6.45) is 0. The van der Waals surface area contributed by atoms with Crippen LogP contribution in [0.5, 0.6) is 5.75 Å². The Balaban J connectivity index is 0.00000156. The van der Waals surface area contributed by atoms with E-state index in [0.717, 1.165) is 5.39 Å². The van der Waals surface area contributed by atoms with Gasteiger partial charge in [-0.25, -0.2) is 0 Å². The highest BCUT2D eigenvalue weighted by atomic mass is 35.5. The van der Waals surface area contributed by atoms with E-state index in [1.807, 2.05) is 24.3 Å². The van der Waals surface area contributed by atoms with Crippen LogP contribution < -0.4 is 4.74 Å². The van der Waals surface area contributed by atoms with Crippen LogP contribution in [0.3, 0.4) is 0 Å². The normalized spacial score (nSPS) is 10.7. The molecule has 0 aliphatic heterocycles. The van der Waals surface area contributed by atoms with Crippen molar-refractivity contribution in [3.63, 3.8) is 0 Å². The van der Waals surface area contributed by atoms with E-state index in [1.165, 1.54) is 33.9 Å². The zero-order valence-electron chi connectivity index (χ0n) is 12.6. The molecule has 0 unspecified atom stereocenters. The number of ether oxygens (including phenoxy) is 1. The molecule has 23 heavy (non-hydrogen) atoms. The van der Waals surface area contributed by atoms with E-state index in [2.05, 4.69) is 42.5 Å². The monoisotopic (exact) mass is 322 g/mol. The molecule has 0 amide bonds. The van der Waals surface area contributed by atoms with Crippen molar-refractivity contribution in [1.29, 1.82) is 0 Å². The van der Waals surface area contributed by atoms with Crippen molar-refractivity contribution in [2.75, 3.05) is 0 Å². The van der Waals surface area contributed by atoms with Gasteiger partial charge in [0, 0.05) is 6.92 Å². The van der Waals surface area contributed by atoms with Crippen LogP contribution in [-0.2, 0) is 4.79 Å². The van der Waals surface area contributed by atoms with Crippen molar-refractivity contribution in [1.82, 2.24) is 0 Å². The maximum absolute atomic E-state index is 11.2. The minimum atomic E-state index is -0.301. The van der Waals surface area contributed by atoms with Gasteiger partial charge in [-0.05, 0) is 44.5 Å². The van der Waals surface area contributed by atoms with Gasteiger partial charge in [0.1, 0.15) is 5.75 Å². The number of carbonyl (C=O) groups excluding carboxylic acids is 1. The fourth-order valence-electron chi connectivity index (χ4n) is 3.12. The fourth-order valence-corrected chi connectivity index (χ4v) is 3.12. The number of halogens is 1. The van der Waals surface area contributed by atoms with Gasteiger partial charge >= 0.3 is 5.97 Å². The molecule has 0 saturated heterocycles. The van der Waals surface area contributed by atoms with Crippen LogP contribution in [0.2, 0.25) is 0 Å². The van der Waals surface area contributed by atoms with Gasteiger partial charge in [0.2, 0.25) is 0 Å². The molecule has 0 fully saturated rings. The molecule has 3 heteroatoms. The first-order valence-electron chi connectivity index (χ1n) is 7.26. The summed E-state index contributed by atoms with van der Waals surface area (Å²) in [5.74, 6) is 0.282. The van der Waals surface area contributed by atoms with E-state index >= 15 is 0 Å². The van der Waals surface area contributed by atoms with Gasteiger partial charge in [0.15, 0.2) is 0 Å². The van der Waals surface area contributed by atoms with Crippen LogP contribution in [0.25, 0.3) is 32.3 Å². The molecule has 4 aromatic rings. The lowest BCUT2D eigenvalue weighted by Crippen LogP contribution is -2.01. The molecule has 0 bridgehead atoms. The Labute approximate surface area is 140 Å². The summed E-state index contributed by atoms with van der Waals surface area (Å²) in [7, 11) is 0. The molecule has 0 aliphatic carbocycles. The molecule has 0 spiro atoms. The van der Waals surface area contributed by atoms with Crippen molar-refractivity contribution in [2.24, 2.45) is 0 Å². The van der Waals surface area contributed by atoms with Gasteiger partial charge in [0.25, 0.3) is 0 Å². The fraction of sp³-hybridized carbons (Fsp3) is 0.0500. The number of fused-ring (bicyclic) bond motifs is 6. The van der Waals surface area contributed by atoms with Gasteiger partial charge < -0.3 is 4.74 Å². The summed E-state index contributed by atoms with van der Waals surface area (Å²) in [6.45, 7) is 1.42. The SMILES string of the molecule is CC(=O)Oc1ccc2c3ccccc3c3ccccc3c2c1.Cl. The Hall–Kier alpha value is -2.58. The number of rotatable bonds is 1. The lowest BCUT2D eigenvalue weighted by Gasteiger charge is -2.11. The smallest absolute Gasteiger partial charge is 0.308 e. The maximum Gasteiger partial charge on any atom is 0.308 e. The lowest BCUT2D eigenvalue weighted by atomic mass is 9.94. The van der Waals surface area contributed by atoms with Crippen LogP contribution >= 0.6 is 12.4 Å². The van der Waals surface area contributed by atoms with Gasteiger partial charge in [-0.1, -0.05) is 54.6 Å². The molecule has 4 rings (SSSR count). The maximum atomic E-state index is 11.2. The van der Waals surface area contributed by atoms with E-state index in [9.17, 15) is 4.79 Å². The molecule has 114 valence electrons. The highest BCUT2D eigenvalue weighted by molar-refractivity contribution is 6.25. The molecule has 0 heterocycles. The Bertz CT molecular complexity index is 1000. The average Bonchev–Trinajstić information content (AvgIpc) is 2.54. The van der Waals surface area contributed by atoms with E-state index in [1.54, 1.807) is 0 Å². The third-order valence-corrected chi connectivity index (χ3v) is 3.98. The average molecular weight is 323 g/mol. The van der Waals surface area contributed by atoms with Crippen molar-refractivity contribution >= 4 is 50.7 Å². The largest absolute Gasteiger partial charge is 0.427 e. The second-order valence-corrected chi connectivity index (χ2v) is 5.39. The summed E-state index contributed by atoms with van der Waals surface area (Å²) in [5.41, 5.74) is 0. The molecule has 0 aromatic heterocycles. The summed E-state index contributed by atoms with van der Waals surface area (Å²) >= 11 is 0. The predicted molar refractivity (Wildman–Crippen MR) is 97.5 cm³/mol. The van der Waals surface area contributed by atoms with Crippen LogP contribution in [0.15, 0.2) is 66.7 Å². The molecular formula is C20H15ClO2. The second-order valence-electron chi connectivity index (χ2n) is 5.39. The summed E-state index contributed by atoms with van der Waals surface area (Å²) < 4.78 is 5.24. The minimum absolute atomic E-state index is 0. The molecule has 0 saturated carbocycles. The molecule has 2 nitrogen and oxygen atoms in total. The third-order valence-electron chi connectivity index (χ3n) is 3.98. The molecule has 0 aliphatic rings. The van der Waals surface area contributed by atoms with Gasteiger partial charge in [0.05, 0.1) is 0 Å². The van der Waals surface area contributed by atoms with E-state index in [-0.39, 0.29) is 18.4 Å². The lowest BCUT2D eigenvalue weighted by molar-refractivity contribution is -0.131. The molecule has 0 atom stereocenters. The quantitative estimate of drug-likeness (QED) is 0.263. The first kappa shape index (κ1) is 15.3. The van der Waals surface area contributed by atoms with Crippen LogP contribution in [0, 0.1) is 0 Å². The Morgan fingerprint density at radius 1 is 0.696 bits per heavy atom. The highest BCUT2D eigenvalue weighted by Gasteiger charge is 2.09. The van der Waals surface area contributed by atoms with Gasteiger partial charge in [-0.15, -0.1) is 12.4 Å². The number of carbonyl (C=O) groups is 1. The van der Waals surface area contributed by atoms with Crippen molar-refractivity contribution < 1.29 is 9.53 Å². The van der Waals surface area contributed by atoms with Crippen LogP contribution in [0.1, 0.15) is 6.92 Å². The molecule has 4 aromatic carbocycles. The number of hydrogen-bond acceptors (Lipinski definition) is 2. The topological polar surface area (TPSA) is 26.3 Å². The highest BCUT2D eigenvalue weighted by Crippen LogP contribution is 2.36.